The maximum atomic E-state index is 12.2. The molecular formula is C17H12Cl2N2O5. The maximum Gasteiger partial charge on any atom is 0.420 e. The van der Waals surface area contributed by atoms with Gasteiger partial charge in [-0.05, 0) is 36.4 Å². The first kappa shape index (κ1) is 18.0. The van der Waals surface area contributed by atoms with Gasteiger partial charge in [0.05, 0.1) is 18.2 Å². The standard InChI is InChI=1S/C17H12Cl2N2O5/c1-25-16(23)9-2-3-13-14(4-9)26-17(24)21(13)8-15(22)20-12-6-10(18)5-11(19)7-12/h2-7H,8H2,1H3,(H,20,22). The Morgan fingerprint density at radius 3 is 2.50 bits per heavy atom. The molecule has 1 N–H and O–H groups in total. The lowest BCUT2D eigenvalue weighted by Crippen LogP contribution is -2.24. The number of rotatable bonds is 4. The molecule has 0 spiro atoms. The highest BCUT2D eigenvalue weighted by Crippen LogP contribution is 2.22. The zero-order valence-corrected chi connectivity index (χ0v) is 14.9. The van der Waals surface area contributed by atoms with E-state index < -0.39 is 17.6 Å². The van der Waals surface area contributed by atoms with Crippen molar-refractivity contribution in [3.8, 4) is 0 Å². The Balaban J connectivity index is 1.86. The minimum atomic E-state index is -0.721. The molecule has 7 nitrogen and oxygen atoms in total. The predicted molar refractivity (Wildman–Crippen MR) is 96.9 cm³/mol. The number of anilines is 1. The highest BCUT2D eigenvalue weighted by Gasteiger charge is 2.15. The van der Waals surface area contributed by atoms with E-state index in [0.29, 0.717) is 21.2 Å². The van der Waals surface area contributed by atoms with E-state index in [9.17, 15) is 14.4 Å². The van der Waals surface area contributed by atoms with Crippen LogP contribution in [0.2, 0.25) is 10.0 Å². The van der Waals surface area contributed by atoms with Crippen LogP contribution in [0.3, 0.4) is 0 Å². The van der Waals surface area contributed by atoms with Crippen LogP contribution in [0, 0.1) is 0 Å². The largest absolute Gasteiger partial charge is 0.465 e. The van der Waals surface area contributed by atoms with Gasteiger partial charge < -0.3 is 14.5 Å². The van der Waals surface area contributed by atoms with Crippen molar-refractivity contribution in [1.82, 2.24) is 4.57 Å². The molecular weight excluding hydrogens is 383 g/mol. The number of halogens is 2. The van der Waals surface area contributed by atoms with Crippen molar-refractivity contribution >= 4 is 51.9 Å². The van der Waals surface area contributed by atoms with Crippen LogP contribution in [0.4, 0.5) is 5.69 Å². The van der Waals surface area contributed by atoms with Crippen molar-refractivity contribution in [3.63, 3.8) is 0 Å². The summed E-state index contributed by atoms with van der Waals surface area (Å²) in [6.07, 6.45) is 0. The third-order valence-corrected chi connectivity index (χ3v) is 3.97. The van der Waals surface area contributed by atoms with Gasteiger partial charge in [0, 0.05) is 15.7 Å². The molecule has 0 radical (unpaired) electrons. The molecule has 1 heterocycles. The number of fused-ring (bicyclic) bond motifs is 1. The predicted octanol–water partition coefficient (Wildman–Crippen LogP) is 3.33. The van der Waals surface area contributed by atoms with Gasteiger partial charge in [-0.3, -0.25) is 9.36 Å². The molecule has 0 saturated heterocycles. The number of ether oxygens (including phenoxy) is 1. The summed E-state index contributed by atoms with van der Waals surface area (Å²) in [5.74, 6) is -1.75. The fourth-order valence-corrected chi connectivity index (χ4v) is 2.96. The summed E-state index contributed by atoms with van der Waals surface area (Å²) in [7, 11) is 1.25. The average Bonchev–Trinajstić information content (AvgIpc) is 2.88. The van der Waals surface area contributed by atoms with Gasteiger partial charge in [0.15, 0.2) is 5.58 Å². The number of nitrogens with zero attached hydrogens (tertiary/aromatic N) is 1. The molecule has 0 aliphatic rings. The van der Waals surface area contributed by atoms with E-state index in [2.05, 4.69) is 10.1 Å². The molecule has 0 aliphatic carbocycles. The highest BCUT2D eigenvalue weighted by molar-refractivity contribution is 6.35. The summed E-state index contributed by atoms with van der Waals surface area (Å²) in [5.41, 5.74) is 1.19. The lowest BCUT2D eigenvalue weighted by Gasteiger charge is -2.07. The second kappa shape index (κ2) is 7.23. The van der Waals surface area contributed by atoms with Crippen molar-refractivity contribution in [2.75, 3.05) is 12.4 Å². The number of hydrogen-bond acceptors (Lipinski definition) is 5. The van der Waals surface area contributed by atoms with Gasteiger partial charge in [-0.15, -0.1) is 0 Å². The molecule has 9 heteroatoms. The van der Waals surface area contributed by atoms with E-state index in [1.54, 1.807) is 0 Å². The van der Waals surface area contributed by atoms with Gasteiger partial charge in [-0.1, -0.05) is 23.2 Å². The summed E-state index contributed by atoms with van der Waals surface area (Å²) in [6, 6.07) is 8.97. The number of methoxy groups -OCH3 is 1. The zero-order chi connectivity index (χ0) is 18.8. The van der Waals surface area contributed by atoms with Gasteiger partial charge >= 0.3 is 11.7 Å². The number of nitrogens with one attached hydrogen (secondary N) is 1. The number of benzene rings is 2. The maximum absolute atomic E-state index is 12.2. The van der Waals surface area contributed by atoms with Crippen molar-refractivity contribution in [2.45, 2.75) is 6.54 Å². The van der Waals surface area contributed by atoms with Crippen molar-refractivity contribution in [2.24, 2.45) is 0 Å². The monoisotopic (exact) mass is 394 g/mol. The molecule has 3 rings (SSSR count). The topological polar surface area (TPSA) is 90.5 Å². The minimum Gasteiger partial charge on any atom is -0.465 e. The zero-order valence-electron chi connectivity index (χ0n) is 13.4. The molecule has 0 saturated carbocycles. The number of esters is 1. The van der Waals surface area contributed by atoms with Gasteiger partial charge in [-0.25, -0.2) is 9.59 Å². The third-order valence-electron chi connectivity index (χ3n) is 3.54. The molecule has 1 aromatic heterocycles. The highest BCUT2D eigenvalue weighted by atomic mass is 35.5. The lowest BCUT2D eigenvalue weighted by molar-refractivity contribution is -0.116. The van der Waals surface area contributed by atoms with E-state index in [4.69, 9.17) is 27.6 Å². The lowest BCUT2D eigenvalue weighted by atomic mass is 10.2. The number of aromatic nitrogens is 1. The summed E-state index contributed by atoms with van der Waals surface area (Å²) < 4.78 is 10.9. The van der Waals surface area contributed by atoms with Crippen molar-refractivity contribution < 1.29 is 18.7 Å². The third kappa shape index (κ3) is 3.74. The van der Waals surface area contributed by atoms with E-state index in [1.165, 1.54) is 43.5 Å². The molecule has 0 fully saturated rings. The van der Waals surface area contributed by atoms with E-state index in [1.807, 2.05) is 0 Å². The van der Waals surface area contributed by atoms with Gasteiger partial charge in [0.1, 0.15) is 6.54 Å². The molecule has 0 unspecified atom stereocenters. The van der Waals surface area contributed by atoms with Crippen LogP contribution >= 0.6 is 23.2 Å². The Kier molecular flexibility index (Phi) is 5.01. The first-order valence-corrected chi connectivity index (χ1v) is 8.10. The molecule has 0 bridgehead atoms. The molecule has 2 aromatic carbocycles. The Labute approximate surface area is 157 Å². The number of oxazole rings is 1. The van der Waals surface area contributed by atoms with Crippen LogP contribution in [0.5, 0.6) is 0 Å². The van der Waals surface area contributed by atoms with E-state index in [-0.39, 0.29) is 17.7 Å². The average molecular weight is 395 g/mol. The van der Waals surface area contributed by atoms with Crippen LogP contribution < -0.4 is 11.1 Å². The van der Waals surface area contributed by atoms with Crippen molar-refractivity contribution in [3.05, 3.63) is 62.6 Å². The van der Waals surface area contributed by atoms with Gasteiger partial charge in [0.25, 0.3) is 0 Å². The van der Waals surface area contributed by atoms with Crippen LogP contribution in [-0.2, 0) is 16.1 Å². The van der Waals surface area contributed by atoms with Crippen LogP contribution in [0.15, 0.2) is 45.6 Å². The molecule has 0 aliphatic heterocycles. The summed E-state index contributed by atoms with van der Waals surface area (Å²) >= 11 is 11.8. The molecule has 3 aromatic rings. The normalized spacial score (nSPS) is 10.7. The Hall–Kier alpha value is -2.77. The first-order chi connectivity index (χ1) is 12.4. The summed E-state index contributed by atoms with van der Waals surface area (Å²) in [5, 5.41) is 3.35. The van der Waals surface area contributed by atoms with Crippen LogP contribution in [0.25, 0.3) is 11.1 Å². The number of hydrogen-bond donors (Lipinski definition) is 1. The van der Waals surface area contributed by atoms with Gasteiger partial charge in [0.2, 0.25) is 5.91 Å². The smallest absolute Gasteiger partial charge is 0.420 e. The van der Waals surface area contributed by atoms with Gasteiger partial charge in [-0.2, -0.15) is 0 Å². The summed E-state index contributed by atoms with van der Waals surface area (Å²) in [6.45, 7) is -0.284. The summed E-state index contributed by atoms with van der Waals surface area (Å²) in [4.78, 5) is 35.8. The van der Waals surface area contributed by atoms with Crippen LogP contribution in [-0.4, -0.2) is 23.6 Å². The number of amides is 1. The fraction of sp³-hybridized carbons (Fsp3) is 0.118. The SMILES string of the molecule is COC(=O)c1ccc2c(c1)oc(=O)n2CC(=O)Nc1cc(Cl)cc(Cl)c1. The molecule has 134 valence electrons. The molecule has 26 heavy (non-hydrogen) atoms. The first-order valence-electron chi connectivity index (χ1n) is 7.35. The Bertz CT molecular complexity index is 1050. The van der Waals surface area contributed by atoms with E-state index in [0.717, 1.165) is 4.57 Å². The van der Waals surface area contributed by atoms with Crippen LogP contribution in [0.1, 0.15) is 10.4 Å². The quantitative estimate of drug-likeness (QED) is 0.685. The fourth-order valence-electron chi connectivity index (χ4n) is 2.43. The second-order valence-electron chi connectivity index (χ2n) is 5.33. The molecule has 0 atom stereocenters. The Morgan fingerprint density at radius 1 is 1.15 bits per heavy atom. The van der Waals surface area contributed by atoms with Crippen molar-refractivity contribution in [1.29, 1.82) is 0 Å². The Morgan fingerprint density at radius 2 is 1.85 bits per heavy atom. The minimum absolute atomic E-state index is 0.177. The van der Waals surface area contributed by atoms with E-state index >= 15 is 0 Å². The number of carbonyl (C=O) groups is 2. The number of carbonyl (C=O) groups excluding carboxylic acids is 2. The second-order valence-corrected chi connectivity index (χ2v) is 6.21. The molecule has 1 amide bonds.